The molecular weight excluding hydrogens is 576 g/mol. The second-order valence-corrected chi connectivity index (χ2v) is 11.4. The van der Waals surface area contributed by atoms with Gasteiger partial charge in [0.15, 0.2) is 5.75 Å². The molecule has 2 aromatic carbocycles. The van der Waals surface area contributed by atoms with Gasteiger partial charge in [-0.1, -0.05) is 17.7 Å². The normalized spacial score (nSPS) is 14.9. The molecule has 0 spiro atoms. The number of amides is 1. The summed E-state index contributed by atoms with van der Waals surface area (Å²) in [6.45, 7) is 6.29. The Bertz CT molecular complexity index is 1630. The van der Waals surface area contributed by atoms with Crippen molar-refractivity contribution in [3.8, 4) is 11.5 Å². The van der Waals surface area contributed by atoms with E-state index in [0.29, 0.717) is 46.1 Å². The average molecular weight is 607 g/mol. The molecule has 12 nitrogen and oxygen atoms in total. The van der Waals surface area contributed by atoms with Gasteiger partial charge in [-0.3, -0.25) is 15.1 Å². The zero-order valence-electron chi connectivity index (χ0n) is 23.9. The number of anilines is 2. The minimum absolute atomic E-state index is 0.0515. The molecule has 0 bridgehead atoms. The van der Waals surface area contributed by atoms with Crippen molar-refractivity contribution in [1.29, 1.82) is 0 Å². The van der Waals surface area contributed by atoms with Crippen LogP contribution >= 0.6 is 11.6 Å². The highest BCUT2D eigenvalue weighted by atomic mass is 35.5. The number of carbonyl (C=O) groups is 1. The number of halogens is 1. The molecule has 1 aliphatic rings. The summed E-state index contributed by atoms with van der Waals surface area (Å²) >= 11 is 6.46. The maximum Gasteiger partial charge on any atom is 0.410 e. The second-order valence-electron chi connectivity index (χ2n) is 11.0. The third-order valence-electron chi connectivity index (χ3n) is 6.65. The van der Waals surface area contributed by atoms with Crippen molar-refractivity contribution in [2.24, 2.45) is 0 Å². The van der Waals surface area contributed by atoms with Crippen LogP contribution in [0.3, 0.4) is 0 Å². The lowest BCUT2D eigenvalue weighted by molar-refractivity contribution is -0.385. The fraction of sp³-hybridized carbons (Fsp3) is 0.333. The van der Waals surface area contributed by atoms with Gasteiger partial charge in [-0.15, -0.1) is 0 Å². The molecule has 0 saturated carbocycles. The van der Waals surface area contributed by atoms with Crippen LogP contribution in [0.15, 0.2) is 61.1 Å². The molecule has 1 amide bonds. The van der Waals surface area contributed by atoms with E-state index in [4.69, 9.17) is 25.8 Å². The first-order chi connectivity index (χ1) is 20.6. The van der Waals surface area contributed by atoms with Gasteiger partial charge in [0.05, 0.1) is 32.6 Å². The van der Waals surface area contributed by atoms with Crippen LogP contribution < -0.4 is 14.8 Å². The van der Waals surface area contributed by atoms with Gasteiger partial charge in [0, 0.05) is 30.6 Å². The highest BCUT2D eigenvalue weighted by Crippen LogP contribution is 2.36. The zero-order valence-corrected chi connectivity index (χ0v) is 24.7. The maximum atomic E-state index is 12.6. The molecule has 5 rings (SSSR count). The summed E-state index contributed by atoms with van der Waals surface area (Å²) in [4.78, 5) is 38.6. The van der Waals surface area contributed by atoms with Gasteiger partial charge in [-0.2, -0.15) is 0 Å². The highest BCUT2D eigenvalue weighted by Gasteiger charge is 2.33. The first-order valence-electron chi connectivity index (χ1n) is 13.7. The van der Waals surface area contributed by atoms with E-state index in [9.17, 15) is 14.9 Å². The van der Waals surface area contributed by atoms with Crippen LogP contribution in [0.2, 0.25) is 5.02 Å². The number of ether oxygens (including phenoxy) is 3. The molecule has 13 heteroatoms. The second kappa shape index (κ2) is 12.7. The molecule has 4 aromatic rings. The number of nitrogens with one attached hydrogen (secondary N) is 1. The summed E-state index contributed by atoms with van der Waals surface area (Å²) in [6.07, 6.45) is 4.11. The smallest absolute Gasteiger partial charge is 0.410 e. The summed E-state index contributed by atoms with van der Waals surface area (Å²) in [7, 11) is 0. The number of rotatable bonds is 9. The fourth-order valence-corrected chi connectivity index (χ4v) is 4.89. The Morgan fingerprint density at radius 2 is 1.95 bits per heavy atom. The molecule has 1 N–H and O–H groups in total. The van der Waals surface area contributed by atoms with E-state index in [1.807, 2.05) is 18.2 Å². The summed E-state index contributed by atoms with van der Waals surface area (Å²) in [6, 6.07) is 13.3. The van der Waals surface area contributed by atoms with E-state index in [1.165, 1.54) is 18.5 Å². The molecule has 1 saturated heterocycles. The summed E-state index contributed by atoms with van der Waals surface area (Å²) in [5, 5.41) is 16.0. The molecule has 1 atom stereocenters. The van der Waals surface area contributed by atoms with E-state index in [2.05, 4.69) is 20.3 Å². The number of nitro groups is 1. The van der Waals surface area contributed by atoms with Crippen LogP contribution in [0.5, 0.6) is 11.5 Å². The molecule has 0 radical (unpaired) electrons. The molecule has 224 valence electrons. The van der Waals surface area contributed by atoms with Crippen LogP contribution in [0.25, 0.3) is 10.9 Å². The number of aromatic nitrogens is 3. The zero-order chi connectivity index (χ0) is 30.6. The third kappa shape index (κ3) is 7.39. The molecule has 1 aliphatic heterocycles. The van der Waals surface area contributed by atoms with Gasteiger partial charge in [0.25, 0.3) is 0 Å². The Labute approximate surface area is 253 Å². The topological polar surface area (TPSA) is 142 Å². The number of benzene rings is 2. The largest absolute Gasteiger partial charge is 0.486 e. The highest BCUT2D eigenvalue weighted by molar-refractivity contribution is 6.32. The molecular formula is C30H31ClN6O6. The van der Waals surface area contributed by atoms with Crippen molar-refractivity contribution in [3.05, 3.63) is 81.9 Å². The molecule has 1 fully saturated rings. The Balaban J connectivity index is 1.32. The van der Waals surface area contributed by atoms with E-state index in [-0.39, 0.29) is 30.7 Å². The van der Waals surface area contributed by atoms with Crippen molar-refractivity contribution in [2.45, 2.75) is 51.9 Å². The van der Waals surface area contributed by atoms with Crippen LogP contribution in [-0.4, -0.2) is 55.7 Å². The number of carbonyl (C=O) groups excluding carboxylic acids is 1. The number of hydrogen-bond acceptors (Lipinski definition) is 10. The van der Waals surface area contributed by atoms with Crippen LogP contribution in [0.1, 0.15) is 39.3 Å². The summed E-state index contributed by atoms with van der Waals surface area (Å²) < 4.78 is 17.2. The van der Waals surface area contributed by atoms with Crippen molar-refractivity contribution < 1.29 is 23.9 Å². The van der Waals surface area contributed by atoms with E-state index < -0.39 is 16.6 Å². The minimum Gasteiger partial charge on any atom is -0.486 e. The Morgan fingerprint density at radius 1 is 1.12 bits per heavy atom. The number of nitro benzene ring substituents is 1. The van der Waals surface area contributed by atoms with Crippen molar-refractivity contribution in [1.82, 2.24) is 19.9 Å². The van der Waals surface area contributed by atoms with Gasteiger partial charge >= 0.3 is 11.8 Å². The number of nitrogens with zero attached hydrogens (tertiary/aromatic N) is 5. The van der Waals surface area contributed by atoms with Crippen molar-refractivity contribution in [2.75, 3.05) is 18.5 Å². The van der Waals surface area contributed by atoms with Crippen LogP contribution in [0, 0.1) is 10.1 Å². The number of pyridine rings is 1. The lowest BCUT2D eigenvalue weighted by Gasteiger charge is -2.28. The Hall–Kier alpha value is -4.71. The van der Waals surface area contributed by atoms with Gasteiger partial charge in [0.2, 0.25) is 0 Å². The maximum absolute atomic E-state index is 12.6. The molecule has 2 aromatic heterocycles. The van der Waals surface area contributed by atoms with Crippen LogP contribution in [0.4, 0.5) is 22.0 Å². The first-order valence-corrected chi connectivity index (χ1v) is 14.1. The average Bonchev–Trinajstić information content (AvgIpc) is 3.44. The fourth-order valence-electron chi connectivity index (χ4n) is 4.65. The van der Waals surface area contributed by atoms with Gasteiger partial charge in [0.1, 0.15) is 36.7 Å². The molecule has 1 unspecified atom stereocenters. The van der Waals surface area contributed by atoms with Gasteiger partial charge < -0.3 is 24.4 Å². The Kier molecular flexibility index (Phi) is 8.76. The van der Waals surface area contributed by atoms with E-state index in [1.54, 1.807) is 50.1 Å². The number of likely N-dealkylation sites (tertiary alicyclic amines) is 1. The Morgan fingerprint density at radius 3 is 2.67 bits per heavy atom. The molecule has 43 heavy (non-hydrogen) atoms. The standard InChI is InChI=1S/C30H31ClN6O6/c1-30(2,3)43-29(38)36-12-6-8-21(36)17-42-27-15-24-22(14-25(27)37(39)40)28(34-18-33-24)35-19-9-10-26(23(31)13-19)41-16-20-7-4-5-11-32-20/h4-5,7,9-11,13-15,18,21H,6,8,12,16-17H2,1-3H3,(H,33,34,35). The minimum atomic E-state index is -0.630. The molecule has 0 aliphatic carbocycles. The van der Waals surface area contributed by atoms with Gasteiger partial charge in [-0.05, 0) is 63.9 Å². The van der Waals surface area contributed by atoms with Crippen molar-refractivity contribution >= 4 is 45.8 Å². The third-order valence-corrected chi connectivity index (χ3v) is 6.94. The summed E-state index contributed by atoms with van der Waals surface area (Å²) in [5.41, 5.74) is 0.927. The first kappa shape index (κ1) is 29.8. The van der Waals surface area contributed by atoms with Crippen LogP contribution in [-0.2, 0) is 11.3 Å². The lowest BCUT2D eigenvalue weighted by atomic mass is 10.2. The van der Waals surface area contributed by atoms with E-state index >= 15 is 0 Å². The number of fused-ring (bicyclic) bond motifs is 1. The van der Waals surface area contributed by atoms with Gasteiger partial charge in [-0.25, -0.2) is 14.8 Å². The summed E-state index contributed by atoms with van der Waals surface area (Å²) in [5.74, 6) is 0.885. The molecule has 3 heterocycles. The quantitative estimate of drug-likeness (QED) is 0.162. The monoisotopic (exact) mass is 606 g/mol. The lowest BCUT2D eigenvalue weighted by Crippen LogP contribution is -2.42. The SMILES string of the molecule is CC(C)(C)OC(=O)N1CCCC1COc1cc2ncnc(Nc3ccc(OCc4ccccn4)c(Cl)c3)c2cc1[N+](=O)[O-]. The predicted molar refractivity (Wildman–Crippen MR) is 161 cm³/mol. The number of hydrogen-bond donors (Lipinski definition) is 1. The van der Waals surface area contributed by atoms with E-state index in [0.717, 1.165) is 12.1 Å². The van der Waals surface area contributed by atoms with Crippen molar-refractivity contribution in [3.63, 3.8) is 0 Å². The predicted octanol–water partition coefficient (Wildman–Crippen LogP) is 6.69.